The zero-order valence-electron chi connectivity index (χ0n) is 13.8. The van der Waals surface area contributed by atoms with Crippen LogP contribution in [0.4, 0.5) is 0 Å². The maximum absolute atomic E-state index is 12.5. The number of hydrogen-bond donors (Lipinski definition) is 0. The smallest absolute Gasteiger partial charge is 0.359 e. The molecule has 0 aliphatic heterocycles. The average Bonchev–Trinajstić information content (AvgIpc) is 2.61. The number of pyridine rings is 1. The number of ether oxygens (including phenoxy) is 1. The lowest BCUT2D eigenvalue weighted by Gasteiger charge is -2.13. The third-order valence-electron chi connectivity index (χ3n) is 3.67. The van der Waals surface area contributed by atoms with Gasteiger partial charge in [0.1, 0.15) is 11.8 Å². The van der Waals surface area contributed by atoms with Crippen molar-refractivity contribution in [3.63, 3.8) is 0 Å². The molecular formula is C18H16ClN3O3. The van der Waals surface area contributed by atoms with Gasteiger partial charge in [-0.2, -0.15) is 5.10 Å². The summed E-state index contributed by atoms with van der Waals surface area (Å²) in [6.07, 6.45) is 1.54. The van der Waals surface area contributed by atoms with Crippen LogP contribution in [0.1, 0.15) is 35.9 Å². The maximum Gasteiger partial charge on any atom is 0.359 e. The molecule has 0 fully saturated rings. The van der Waals surface area contributed by atoms with Crippen molar-refractivity contribution in [1.29, 1.82) is 0 Å². The quantitative estimate of drug-likeness (QED) is 0.528. The fourth-order valence-electron chi connectivity index (χ4n) is 2.42. The summed E-state index contributed by atoms with van der Waals surface area (Å²) in [5.41, 5.74) is 0.592. The molecule has 1 aromatic carbocycles. The summed E-state index contributed by atoms with van der Waals surface area (Å²) >= 11 is 5.74. The van der Waals surface area contributed by atoms with Crippen molar-refractivity contribution >= 4 is 28.3 Å². The van der Waals surface area contributed by atoms with E-state index in [0.717, 1.165) is 0 Å². The summed E-state index contributed by atoms with van der Waals surface area (Å²) in [5, 5.41) is 5.50. The molecule has 0 aliphatic rings. The van der Waals surface area contributed by atoms with Gasteiger partial charge in [0.15, 0.2) is 5.69 Å². The molecule has 0 saturated carbocycles. The Balaban J connectivity index is 1.96. The second kappa shape index (κ2) is 7.03. The Hall–Kier alpha value is -2.73. The van der Waals surface area contributed by atoms with Gasteiger partial charge in [-0.25, -0.2) is 14.5 Å². The first kappa shape index (κ1) is 17.1. The molecule has 0 spiro atoms. The van der Waals surface area contributed by atoms with Crippen molar-refractivity contribution in [3.8, 4) is 0 Å². The van der Waals surface area contributed by atoms with Gasteiger partial charge in [0, 0.05) is 17.1 Å². The summed E-state index contributed by atoms with van der Waals surface area (Å²) in [6.45, 7) is 3.70. The highest BCUT2D eigenvalue weighted by molar-refractivity contribution is 6.29. The molecular weight excluding hydrogens is 342 g/mol. The van der Waals surface area contributed by atoms with Gasteiger partial charge < -0.3 is 4.74 Å². The van der Waals surface area contributed by atoms with Crippen LogP contribution >= 0.6 is 11.6 Å². The van der Waals surface area contributed by atoms with Gasteiger partial charge in [-0.3, -0.25) is 4.79 Å². The van der Waals surface area contributed by atoms with Gasteiger partial charge in [-0.15, -0.1) is 0 Å². The van der Waals surface area contributed by atoms with E-state index in [-0.39, 0.29) is 23.9 Å². The first-order valence-electron chi connectivity index (χ1n) is 7.76. The minimum atomic E-state index is -0.597. The lowest BCUT2D eigenvalue weighted by atomic mass is 10.1. The average molecular weight is 358 g/mol. The molecule has 2 aromatic heterocycles. The van der Waals surface area contributed by atoms with E-state index >= 15 is 0 Å². The van der Waals surface area contributed by atoms with Crippen molar-refractivity contribution < 1.29 is 9.53 Å². The number of rotatable bonds is 4. The third-order valence-corrected chi connectivity index (χ3v) is 3.89. The van der Waals surface area contributed by atoms with Gasteiger partial charge in [0.2, 0.25) is 0 Å². The minimum absolute atomic E-state index is 0.0415. The SMILES string of the molecule is CC(C)n1nc(C(=O)OCc2ccc(Cl)nc2)c2ccccc2c1=O. The molecule has 6 nitrogen and oxygen atoms in total. The third kappa shape index (κ3) is 3.53. The summed E-state index contributed by atoms with van der Waals surface area (Å²) < 4.78 is 6.63. The molecule has 0 unspecified atom stereocenters. The fourth-order valence-corrected chi connectivity index (χ4v) is 2.53. The number of esters is 1. The maximum atomic E-state index is 12.5. The van der Waals surface area contributed by atoms with Crippen molar-refractivity contribution in [2.24, 2.45) is 0 Å². The van der Waals surface area contributed by atoms with Crippen molar-refractivity contribution in [2.45, 2.75) is 26.5 Å². The minimum Gasteiger partial charge on any atom is -0.456 e. The Morgan fingerprint density at radius 2 is 1.92 bits per heavy atom. The van der Waals surface area contributed by atoms with Crippen LogP contribution in [-0.2, 0) is 11.3 Å². The Kier molecular flexibility index (Phi) is 4.81. The van der Waals surface area contributed by atoms with Crippen LogP contribution in [-0.4, -0.2) is 20.7 Å². The van der Waals surface area contributed by atoms with Crippen LogP contribution in [0.25, 0.3) is 10.8 Å². The van der Waals surface area contributed by atoms with E-state index in [1.807, 2.05) is 13.8 Å². The number of aromatic nitrogens is 3. The van der Waals surface area contributed by atoms with E-state index in [0.29, 0.717) is 21.5 Å². The predicted octanol–water partition coefficient (Wildman–Crippen LogP) is 3.38. The summed E-state index contributed by atoms with van der Waals surface area (Å²) in [7, 11) is 0. The Morgan fingerprint density at radius 3 is 2.56 bits per heavy atom. The van der Waals surface area contributed by atoms with Crippen LogP contribution in [0.15, 0.2) is 47.4 Å². The number of carbonyl (C=O) groups is 1. The summed E-state index contributed by atoms with van der Waals surface area (Å²) in [5.74, 6) is -0.597. The highest BCUT2D eigenvalue weighted by Crippen LogP contribution is 2.16. The van der Waals surface area contributed by atoms with Crippen molar-refractivity contribution in [1.82, 2.24) is 14.8 Å². The first-order chi connectivity index (χ1) is 12.0. The molecule has 0 atom stereocenters. The number of halogens is 1. The second-order valence-electron chi connectivity index (χ2n) is 5.80. The number of benzene rings is 1. The molecule has 0 amide bonds. The molecule has 0 N–H and O–H groups in total. The van der Waals surface area contributed by atoms with Gasteiger partial charge >= 0.3 is 5.97 Å². The fraction of sp³-hybridized carbons (Fsp3) is 0.222. The molecule has 128 valence electrons. The molecule has 25 heavy (non-hydrogen) atoms. The van der Waals surface area contributed by atoms with E-state index in [4.69, 9.17) is 16.3 Å². The van der Waals surface area contributed by atoms with Crippen LogP contribution in [0.3, 0.4) is 0 Å². The monoisotopic (exact) mass is 357 g/mol. The number of hydrogen-bond acceptors (Lipinski definition) is 5. The molecule has 2 heterocycles. The highest BCUT2D eigenvalue weighted by Gasteiger charge is 2.19. The van der Waals surface area contributed by atoms with Crippen LogP contribution in [0.2, 0.25) is 5.15 Å². The lowest BCUT2D eigenvalue weighted by Crippen LogP contribution is -2.27. The number of carbonyl (C=O) groups excluding carboxylic acids is 1. The second-order valence-corrected chi connectivity index (χ2v) is 6.19. The molecule has 0 saturated heterocycles. The van der Waals surface area contributed by atoms with Crippen LogP contribution in [0.5, 0.6) is 0 Å². The van der Waals surface area contributed by atoms with Crippen LogP contribution in [0, 0.1) is 0 Å². The normalized spacial score (nSPS) is 11.0. The lowest BCUT2D eigenvalue weighted by molar-refractivity contribution is 0.0464. The van der Waals surface area contributed by atoms with Gasteiger partial charge in [0.05, 0.1) is 11.4 Å². The topological polar surface area (TPSA) is 74.1 Å². The van der Waals surface area contributed by atoms with Crippen molar-refractivity contribution in [3.05, 3.63) is 69.4 Å². The van der Waals surface area contributed by atoms with Crippen molar-refractivity contribution in [2.75, 3.05) is 0 Å². The van der Waals surface area contributed by atoms with E-state index in [2.05, 4.69) is 10.1 Å². The Bertz CT molecular complexity index is 981. The largest absolute Gasteiger partial charge is 0.456 e. The standard InChI is InChI=1S/C18H16ClN3O3/c1-11(2)22-17(23)14-6-4-3-5-13(14)16(21-22)18(24)25-10-12-7-8-15(19)20-9-12/h3-9,11H,10H2,1-2H3. The molecule has 3 rings (SSSR count). The highest BCUT2D eigenvalue weighted by atomic mass is 35.5. The summed E-state index contributed by atoms with van der Waals surface area (Å²) in [4.78, 5) is 29.0. The van der Waals surface area contributed by atoms with E-state index < -0.39 is 5.97 Å². The molecule has 0 radical (unpaired) electrons. The predicted molar refractivity (Wildman–Crippen MR) is 94.8 cm³/mol. The molecule has 7 heteroatoms. The first-order valence-corrected chi connectivity index (χ1v) is 8.14. The number of nitrogens with zero attached hydrogens (tertiary/aromatic N) is 3. The van der Waals surface area contributed by atoms with E-state index in [1.165, 1.54) is 10.9 Å². The number of fused-ring (bicyclic) bond motifs is 1. The van der Waals surface area contributed by atoms with Gasteiger partial charge in [-0.05, 0) is 26.0 Å². The van der Waals surface area contributed by atoms with Crippen LogP contribution < -0.4 is 5.56 Å². The Morgan fingerprint density at radius 1 is 1.20 bits per heavy atom. The van der Waals surface area contributed by atoms with E-state index in [9.17, 15) is 9.59 Å². The molecule has 0 aliphatic carbocycles. The molecule has 0 bridgehead atoms. The zero-order chi connectivity index (χ0) is 18.0. The zero-order valence-corrected chi connectivity index (χ0v) is 14.5. The van der Waals surface area contributed by atoms with E-state index in [1.54, 1.807) is 36.4 Å². The van der Waals surface area contributed by atoms with Gasteiger partial charge in [0.25, 0.3) is 5.56 Å². The summed E-state index contributed by atoms with van der Waals surface area (Å²) in [6, 6.07) is 10.0. The molecule has 3 aromatic rings. The Labute approximate surface area is 149 Å². The van der Waals surface area contributed by atoms with Gasteiger partial charge in [-0.1, -0.05) is 35.9 Å².